The molecule has 0 bridgehead atoms. The molecule has 3 atom stereocenters. The molecule has 1 aromatic carbocycles. The number of hydrogen-bond donors (Lipinski definition) is 2. The monoisotopic (exact) mass is 369 g/mol. The van der Waals surface area contributed by atoms with Crippen molar-refractivity contribution in [1.29, 1.82) is 5.26 Å². The Balaban J connectivity index is 2.07. The van der Waals surface area contributed by atoms with E-state index in [1.54, 1.807) is 39.0 Å². The second-order valence-corrected chi connectivity index (χ2v) is 6.90. The number of carbonyl (C=O) groups is 1. The van der Waals surface area contributed by atoms with Crippen molar-refractivity contribution >= 4 is 5.91 Å². The zero-order valence-corrected chi connectivity index (χ0v) is 14.9. The second kappa shape index (κ2) is 7.54. The average molecular weight is 369 g/mol. The predicted octanol–water partition coefficient (Wildman–Crippen LogP) is 2.57. The predicted molar refractivity (Wildman–Crippen MR) is 89.4 cm³/mol. The van der Waals surface area contributed by atoms with Crippen LogP contribution in [0.3, 0.4) is 0 Å². The first kappa shape index (κ1) is 20.0. The number of alkyl halides is 3. The number of benzene rings is 1. The minimum absolute atomic E-state index is 0.0906. The third-order valence-corrected chi connectivity index (χ3v) is 4.67. The Hall–Kier alpha value is -2.27. The lowest BCUT2D eigenvalue weighted by molar-refractivity contribution is -0.206. The summed E-state index contributed by atoms with van der Waals surface area (Å²) in [4.78, 5) is 12.1. The number of nitrogens with one attached hydrogen (secondary N) is 2. The van der Waals surface area contributed by atoms with Gasteiger partial charge in [-0.05, 0) is 30.9 Å². The van der Waals surface area contributed by atoms with Crippen LogP contribution in [0.15, 0.2) is 24.3 Å². The third-order valence-electron chi connectivity index (χ3n) is 4.67. The van der Waals surface area contributed by atoms with E-state index in [-0.39, 0.29) is 24.6 Å². The third kappa shape index (κ3) is 4.47. The molecule has 1 unspecified atom stereocenters. The van der Waals surface area contributed by atoms with Crippen molar-refractivity contribution in [2.45, 2.75) is 51.1 Å². The molecule has 1 aliphatic heterocycles. The van der Waals surface area contributed by atoms with Crippen LogP contribution < -0.4 is 15.4 Å². The Morgan fingerprint density at radius 2 is 2.04 bits per heavy atom. The molecule has 8 heteroatoms. The van der Waals surface area contributed by atoms with E-state index < -0.39 is 29.8 Å². The van der Waals surface area contributed by atoms with Crippen LogP contribution in [0.2, 0.25) is 0 Å². The van der Waals surface area contributed by atoms with Gasteiger partial charge in [-0.3, -0.25) is 4.79 Å². The topological polar surface area (TPSA) is 74.2 Å². The fraction of sp³-hybridized carbons (Fsp3) is 0.556. The number of amides is 1. The number of hydrogen-bond acceptors (Lipinski definition) is 4. The molecule has 1 aliphatic rings. The first-order valence-electron chi connectivity index (χ1n) is 8.33. The van der Waals surface area contributed by atoms with Crippen molar-refractivity contribution in [3.8, 4) is 11.8 Å². The van der Waals surface area contributed by atoms with Gasteiger partial charge in [0.2, 0.25) is 12.0 Å². The molecule has 2 N–H and O–H groups in total. The van der Waals surface area contributed by atoms with E-state index in [4.69, 9.17) is 4.74 Å². The zero-order chi connectivity index (χ0) is 19.5. The van der Waals surface area contributed by atoms with Gasteiger partial charge in [0.05, 0.1) is 18.7 Å². The summed E-state index contributed by atoms with van der Waals surface area (Å²) in [6.07, 6.45) is -6.52. The molecule has 0 aromatic heterocycles. The molecule has 1 aromatic rings. The van der Waals surface area contributed by atoms with E-state index in [0.717, 1.165) is 0 Å². The summed E-state index contributed by atoms with van der Waals surface area (Å²) in [5, 5.41) is 14.4. The van der Waals surface area contributed by atoms with E-state index in [1.165, 1.54) is 6.07 Å². The summed E-state index contributed by atoms with van der Waals surface area (Å²) in [6, 6.07) is 7.46. The Morgan fingerprint density at radius 1 is 1.38 bits per heavy atom. The lowest BCUT2D eigenvalue weighted by Crippen LogP contribution is -2.57. The van der Waals surface area contributed by atoms with Crippen LogP contribution in [0, 0.1) is 17.2 Å². The van der Waals surface area contributed by atoms with Gasteiger partial charge in [0.15, 0.2) is 0 Å². The number of carbonyl (C=O) groups excluding carboxylic acids is 1. The van der Waals surface area contributed by atoms with Gasteiger partial charge in [0.25, 0.3) is 0 Å². The zero-order valence-electron chi connectivity index (χ0n) is 14.9. The SMILES string of the molecule is CC(C)C(C)(C#N)NC(=O)CN[C@@H]1Cc2ccccc2O[C@H]1C(F)(F)F. The van der Waals surface area contributed by atoms with E-state index in [0.29, 0.717) is 5.56 Å². The maximum atomic E-state index is 13.3. The van der Waals surface area contributed by atoms with Crippen molar-refractivity contribution in [2.75, 3.05) is 6.54 Å². The van der Waals surface area contributed by atoms with Crippen molar-refractivity contribution in [2.24, 2.45) is 5.92 Å². The highest BCUT2D eigenvalue weighted by atomic mass is 19.4. The second-order valence-electron chi connectivity index (χ2n) is 6.90. The quantitative estimate of drug-likeness (QED) is 0.837. The summed E-state index contributed by atoms with van der Waals surface area (Å²) in [7, 11) is 0. The van der Waals surface area contributed by atoms with Crippen molar-refractivity contribution in [3.63, 3.8) is 0 Å². The fourth-order valence-electron chi connectivity index (χ4n) is 2.68. The van der Waals surface area contributed by atoms with Gasteiger partial charge in [-0.1, -0.05) is 32.0 Å². The molecular formula is C18H22F3N3O2. The molecule has 26 heavy (non-hydrogen) atoms. The van der Waals surface area contributed by atoms with Crippen LogP contribution in [0.5, 0.6) is 5.75 Å². The average Bonchev–Trinajstić information content (AvgIpc) is 2.58. The molecular weight excluding hydrogens is 347 g/mol. The molecule has 2 rings (SSSR count). The summed E-state index contributed by atoms with van der Waals surface area (Å²) < 4.78 is 45.1. The van der Waals surface area contributed by atoms with E-state index >= 15 is 0 Å². The largest absolute Gasteiger partial charge is 0.479 e. The van der Waals surface area contributed by atoms with E-state index in [9.17, 15) is 23.2 Å². The van der Waals surface area contributed by atoms with Crippen LogP contribution in [0.4, 0.5) is 13.2 Å². The number of para-hydroxylation sites is 1. The fourth-order valence-corrected chi connectivity index (χ4v) is 2.68. The molecule has 0 saturated heterocycles. The molecule has 142 valence electrons. The maximum Gasteiger partial charge on any atom is 0.426 e. The Bertz CT molecular complexity index is 700. The van der Waals surface area contributed by atoms with Crippen LogP contribution >= 0.6 is 0 Å². The summed E-state index contributed by atoms with van der Waals surface area (Å²) >= 11 is 0. The van der Waals surface area contributed by atoms with Crippen molar-refractivity contribution < 1.29 is 22.7 Å². The standard InChI is InChI=1S/C18H22F3N3O2/c1-11(2)17(3,10-22)24-15(25)9-23-13-8-12-6-4-5-7-14(12)26-16(13)18(19,20)21/h4-7,11,13,16,23H,8-9H2,1-3H3,(H,24,25)/t13-,16-,17?/m1/s1. The lowest BCUT2D eigenvalue weighted by Gasteiger charge is -2.35. The summed E-state index contributed by atoms with van der Waals surface area (Å²) in [5.74, 6) is -0.485. The van der Waals surface area contributed by atoms with Crippen LogP contribution in [-0.2, 0) is 11.2 Å². The number of halogens is 3. The van der Waals surface area contributed by atoms with Gasteiger partial charge in [-0.2, -0.15) is 18.4 Å². The highest BCUT2D eigenvalue weighted by Crippen LogP contribution is 2.35. The number of fused-ring (bicyclic) bond motifs is 1. The number of nitriles is 1. The molecule has 0 radical (unpaired) electrons. The lowest BCUT2D eigenvalue weighted by atomic mass is 9.90. The van der Waals surface area contributed by atoms with Crippen molar-refractivity contribution in [1.82, 2.24) is 10.6 Å². The van der Waals surface area contributed by atoms with Crippen LogP contribution in [0.1, 0.15) is 26.3 Å². The highest BCUT2D eigenvalue weighted by molar-refractivity contribution is 5.79. The van der Waals surface area contributed by atoms with Gasteiger partial charge in [0, 0.05) is 0 Å². The Morgan fingerprint density at radius 3 is 2.62 bits per heavy atom. The first-order chi connectivity index (χ1) is 12.1. The van der Waals surface area contributed by atoms with Gasteiger partial charge in [-0.15, -0.1) is 0 Å². The molecule has 0 spiro atoms. The minimum Gasteiger partial charge on any atom is -0.479 e. The van der Waals surface area contributed by atoms with Crippen molar-refractivity contribution in [3.05, 3.63) is 29.8 Å². The van der Waals surface area contributed by atoms with Crippen LogP contribution in [0.25, 0.3) is 0 Å². The maximum absolute atomic E-state index is 13.3. The summed E-state index contributed by atoms with van der Waals surface area (Å²) in [6.45, 7) is 4.80. The Labute approximate surface area is 150 Å². The molecule has 0 saturated carbocycles. The molecule has 0 fully saturated rings. The van der Waals surface area contributed by atoms with Gasteiger partial charge >= 0.3 is 6.18 Å². The van der Waals surface area contributed by atoms with Crippen LogP contribution in [-0.4, -0.2) is 36.3 Å². The first-order valence-corrected chi connectivity index (χ1v) is 8.33. The van der Waals surface area contributed by atoms with Gasteiger partial charge < -0.3 is 15.4 Å². The van der Waals surface area contributed by atoms with E-state index in [1.807, 2.05) is 6.07 Å². The normalized spacial score (nSPS) is 21.9. The minimum atomic E-state index is -4.57. The van der Waals surface area contributed by atoms with E-state index in [2.05, 4.69) is 10.6 Å². The van der Waals surface area contributed by atoms with Gasteiger partial charge in [0.1, 0.15) is 11.3 Å². The molecule has 1 heterocycles. The number of ether oxygens (including phenoxy) is 1. The molecule has 0 aliphatic carbocycles. The molecule has 5 nitrogen and oxygen atoms in total. The highest BCUT2D eigenvalue weighted by Gasteiger charge is 2.49. The number of rotatable bonds is 5. The van der Waals surface area contributed by atoms with Gasteiger partial charge in [-0.25, -0.2) is 0 Å². The Kier molecular flexibility index (Phi) is 5.81. The smallest absolute Gasteiger partial charge is 0.426 e. The summed E-state index contributed by atoms with van der Waals surface area (Å²) in [5.41, 5.74) is -0.437. The molecule has 1 amide bonds. The number of nitrogens with zero attached hydrogens (tertiary/aromatic N) is 1.